The van der Waals surface area contributed by atoms with Gasteiger partial charge in [-0.15, -0.1) is 11.8 Å². The molecule has 0 radical (unpaired) electrons. The molecule has 2 rings (SSSR count). The summed E-state index contributed by atoms with van der Waals surface area (Å²) in [6, 6.07) is 8.92. The van der Waals surface area contributed by atoms with Crippen LogP contribution in [-0.2, 0) is 14.2 Å². The number of thioether (sulfide) groups is 1. The summed E-state index contributed by atoms with van der Waals surface area (Å²) in [7, 11) is 1.60. The summed E-state index contributed by atoms with van der Waals surface area (Å²) in [5.74, 6) is 0.444. The average molecular weight is 254 g/mol. The molecule has 0 aromatic heterocycles. The minimum Gasteiger partial charge on any atom is -0.458 e. The number of benzene rings is 1. The Labute approximate surface area is 104 Å². The number of carbonyl (C=O) groups is 1. The molecular weight excluding hydrogens is 240 g/mol. The molecule has 0 N–H and O–H groups in total. The maximum atomic E-state index is 11.6. The van der Waals surface area contributed by atoms with Crippen molar-refractivity contribution in [2.24, 2.45) is 0 Å². The van der Waals surface area contributed by atoms with Crippen molar-refractivity contribution in [1.29, 1.82) is 0 Å². The number of ether oxygens (including phenoxy) is 3. The number of rotatable bonds is 4. The predicted molar refractivity (Wildman–Crippen MR) is 64.9 cm³/mol. The third-order valence-electron chi connectivity index (χ3n) is 2.34. The average Bonchev–Trinajstić information content (AvgIpc) is 2.85. The van der Waals surface area contributed by atoms with Crippen molar-refractivity contribution >= 4 is 17.7 Å². The molecule has 0 amide bonds. The van der Waals surface area contributed by atoms with E-state index in [-0.39, 0.29) is 24.3 Å². The van der Waals surface area contributed by atoms with Crippen molar-refractivity contribution in [3.05, 3.63) is 35.9 Å². The lowest BCUT2D eigenvalue weighted by molar-refractivity contribution is -0.114. The van der Waals surface area contributed by atoms with Gasteiger partial charge in [0.25, 0.3) is 0 Å². The maximum Gasteiger partial charge on any atom is 0.338 e. The Kier molecular flexibility index (Phi) is 4.42. The van der Waals surface area contributed by atoms with Gasteiger partial charge in [0.1, 0.15) is 12.0 Å². The van der Waals surface area contributed by atoms with E-state index in [2.05, 4.69) is 0 Å². The molecule has 1 heterocycles. The first kappa shape index (κ1) is 12.4. The van der Waals surface area contributed by atoms with E-state index in [0.29, 0.717) is 5.56 Å². The van der Waals surface area contributed by atoms with Crippen LogP contribution in [0.1, 0.15) is 10.4 Å². The third-order valence-corrected chi connectivity index (χ3v) is 3.43. The van der Waals surface area contributed by atoms with Crippen LogP contribution in [0.4, 0.5) is 0 Å². The summed E-state index contributed by atoms with van der Waals surface area (Å²) in [4.78, 5) is 11.6. The van der Waals surface area contributed by atoms with Crippen LogP contribution in [0.5, 0.6) is 0 Å². The molecule has 1 fully saturated rings. The monoisotopic (exact) mass is 254 g/mol. The molecule has 92 valence electrons. The smallest absolute Gasteiger partial charge is 0.338 e. The highest BCUT2D eigenvalue weighted by Crippen LogP contribution is 2.25. The van der Waals surface area contributed by atoms with E-state index < -0.39 is 0 Å². The number of methoxy groups -OCH3 is 1. The van der Waals surface area contributed by atoms with Crippen molar-refractivity contribution < 1.29 is 19.0 Å². The van der Waals surface area contributed by atoms with Gasteiger partial charge in [-0.3, -0.25) is 0 Å². The Bertz CT molecular complexity index is 368. The zero-order chi connectivity index (χ0) is 12.1. The van der Waals surface area contributed by atoms with Crippen LogP contribution < -0.4 is 0 Å². The van der Waals surface area contributed by atoms with E-state index in [1.165, 1.54) is 0 Å². The highest BCUT2D eigenvalue weighted by atomic mass is 32.2. The zero-order valence-corrected chi connectivity index (χ0v) is 10.3. The van der Waals surface area contributed by atoms with Crippen LogP contribution in [0, 0.1) is 0 Å². The largest absolute Gasteiger partial charge is 0.458 e. The summed E-state index contributed by atoms with van der Waals surface area (Å²) in [6.45, 7) is 0.248. The summed E-state index contributed by atoms with van der Waals surface area (Å²) in [5, 5.41) is 0. The maximum absolute atomic E-state index is 11.6. The molecule has 5 heteroatoms. The highest BCUT2D eigenvalue weighted by molar-refractivity contribution is 8.00. The summed E-state index contributed by atoms with van der Waals surface area (Å²) in [5.41, 5.74) is 0.423. The van der Waals surface area contributed by atoms with Gasteiger partial charge in [-0.05, 0) is 12.1 Å². The van der Waals surface area contributed by atoms with Crippen LogP contribution in [-0.4, -0.2) is 37.2 Å². The minimum atomic E-state index is -0.323. The van der Waals surface area contributed by atoms with E-state index in [1.54, 1.807) is 43.1 Å². The van der Waals surface area contributed by atoms with Gasteiger partial charge in [-0.25, -0.2) is 4.79 Å². The Morgan fingerprint density at radius 3 is 2.88 bits per heavy atom. The van der Waals surface area contributed by atoms with Crippen molar-refractivity contribution in [1.82, 2.24) is 0 Å². The third kappa shape index (κ3) is 3.46. The van der Waals surface area contributed by atoms with Crippen LogP contribution in [0.25, 0.3) is 0 Å². The van der Waals surface area contributed by atoms with Crippen molar-refractivity contribution in [3.63, 3.8) is 0 Å². The summed E-state index contributed by atoms with van der Waals surface area (Å²) in [6.07, 6.45) is -0.194. The highest BCUT2D eigenvalue weighted by Gasteiger charge is 2.26. The fourth-order valence-corrected chi connectivity index (χ4v) is 2.40. The van der Waals surface area contributed by atoms with Crippen LogP contribution >= 0.6 is 11.8 Å². The molecule has 1 aromatic rings. The normalized spacial score (nSPS) is 23.6. The second-order valence-electron chi connectivity index (χ2n) is 3.53. The van der Waals surface area contributed by atoms with E-state index in [0.717, 1.165) is 5.75 Å². The minimum absolute atomic E-state index is 0.132. The van der Waals surface area contributed by atoms with E-state index in [1.807, 2.05) is 6.07 Å². The first-order valence-corrected chi connectivity index (χ1v) is 6.36. The van der Waals surface area contributed by atoms with Crippen molar-refractivity contribution in [2.75, 3.05) is 19.5 Å². The van der Waals surface area contributed by atoms with Crippen LogP contribution in [0.15, 0.2) is 30.3 Å². The lowest BCUT2D eigenvalue weighted by atomic mass is 10.2. The summed E-state index contributed by atoms with van der Waals surface area (Å²) >= 11 is 1.59. The zero-order valence-electron chi connectivity index (χ0n) is 9.50. The Hall–Kier alpha value is -1.04. The fraction of sp³-hybridized carbons (Fsp3) is 0.417. The first-order chi connectivity index (χ1) is 8.29. The topological polar surface area (TPSA) is 44.8 Å². The molecular formula is C12H14O4S. The van der Waals surface area contributed by atoms with Crippen molar-refractivity contribution in [2.45, 2.75) is 11.7 Å². The fourth-order valence-electron chi connectivity index (χ4n) is 1.45. The molecule has 1 saturated heterocycles. The van der Waals surface area contributed by atoms with Gasteiger partial charge in [0.15, 0.2) is 6.29 Å². The van der Waals surface area contributed by atoms with E-state index in [9.17, 15) is 4.79 Å². The summed E-state index contributed by atoms with van der Waals surface area (Å²) < 4.78 is 15.7. The Balaban J connectivity index is 1.78. The molecule has 4 nitrogen and oxygen atoms in total. The lowest BCUT2D eigenvalue weighted by Crippen LogP contribution is -2.19. The van der Waals surface area contributed by atoms with Gasteiger partial charge in [0, 0.05) is 12.9 Å². The number of esters is 1. The molecule has 2 unspecified atom stereocenters. The van der Waals surface area contributed by atoms with Crippen LogP contribution in [0.3, 0.4) is 0 Å². The molecule has 17 heavy (non-hydrogen) atoms. The first-order valence-electron chi connectivity index (χ1n) is 5.31. The second kappa shape index (κ2) is 6.05. The van der Waals surface area contributed by atoms with Crippen LogP contribution in [0.2, 0.25) is 0 Å². The molecule has 0 aliphatic carbocycles. The van der Waals surface area contributed by atoms with Gasteiger partial charge >= 0.3 is 5.97 Å². The Morgan fingerprint density at radius 2 is 2.24 bits per heavy atom. The molecule has 0 bridgehead atoms. The molecule has 1 aliphatic rings. The Morgan fingerprint density at radius 1 is 1.47 bits per heavy atom. The molecule has 1 aromatic carbocycles. The van der Waals surface area contributed by atoms with Gasteiger partial charge in [0.05, 0.1) is 5.56 Å². The quantitative estimate of drug-likeness (QED) is 0.768. The van der Waals surface area contributed by atoms with Gasteiger partial charge < -0.3 is 14.2 Å². The van der Waals surface area contributed by atoms with Gasteiger partial charge in [-0.2, -0.15) is 0 Å². The van der Waals surface area contributed by atoms with Gasteiger partial charge in [-0.1, -0.05) is 18.2 Å². The number of hydrogen-bond acceptors (Lipinski definition) is 5. The SMILES string of the molecule is COC1CSC(COC(=O)c2ccccc2)O1. The number of hydrogen-bond donors (Lipinski definition) is 0. The molecule has 2 atom stereocenters. The van der Waals surface area contributed by atoms with Crippen molar-refractivity contribution in [3.8, 4) is 0 Å². The molecule has 0 saturated carbocycles. The lowest BCUT2D eigenvalue weighted by Gasteiger charge is -2.11. The van der Waals surface area contributed by atoms with Gasteiger partial charge in [0.2, 0.25) is 0 Å². The molecule has 1 aliphatic heterocycles. The predicted octanol–water partition coefficient (Wildman–Crippen LogP) is 1.91. The van der Waals surface area contributed by atoms with E-state index >= 15 is 0 Å². The number of carbonyl (C=O) groups excluding carboxylic acids is 1. The van der Waals surface area contributed by atoms with E-state index in [4.69, 9.17) is 14.2 Å². The standard InChI is InChI=1S/C12H14O4S/c1-14-10-8-17-11(16-10)7-15-12(13)9-5-3-2-4-6-9/h2-6,10-11H,7-8H2,1H3. The second-order valence-corrected chi connectivity index (χ2v) is 4.72. The molecule has 0 spiro atoms.